The van der Waals surface area contributed by atoms with Gasteiger partial charge in [0.05, 0.1) is 10.3 Å². The molecule has 1 heterocycles. The summed E-state index contributed by atoms with van der Waals surface area (Å²) in [6.07, 6.45) is -4.89. The van der Waals surface area contributed by atoms with E-state index in [4.69, 9.17) is 4.74 Å². The largest absolute Gasteiger partial charge is 0.573 e. The Morgan fingerprint density at radius 3 is 2.03 bits per heavy atom. The Morgan fingerprint density at radius 2 is 1.49 bits per heavy atom. The Hall–Kier alpha value is -2.93. The minimum absolute atomic E-state index is 0.0189. The van der Waals surface area contributed by atoms with Crippen LogP contribution in [-0.2, 0) is 14.8 Å². The molecule has 192 valence electrons. The summed E-state index contributed by atoms with van der Waals surface area (Å²) in [4.78, 5) is 14.2. The monoisotopic (exact) mass is 522 g/mol. The molecule has 1 fully saturated rings. The second-order valence-electron chi connectivity index (χ2n) is 8.46. The van der Waals surface area contributed by atoms with E-state index in [9.17, 15) is 35.2 Å². The SMILES string of the molecule is CC(C)(COc1ccc(F)c(F)c1)C(=O)N1CCN(S(=O)(=O)c2ccc(OC(F)(F)F)cc2)CC1. The summed E-state index contributed by atoms with van der Waals surface area (Å²) in [7, 11) is -3.99. The highest BCUT2D eigenvalue weighted by Crippen LogP contribution is 2.27. The molecule has 2 aromatic carbocycles. The number of carbonyl (C=O) groups is 1. The van der Waals surface area contributed by atoms with E-state index in [0.717, 1.165) is 40.7 Å². The summed E-state index contributed by atoms with van der Waals surface area (Å²) in [5.41, 5.74) is -1.04. The van der Waals surface area contributed by atoms with Crippen molar-refractivity contribution in [3.05, 3.63) is 54.1 Å². The van der Waals surface area contributed by atoms with Crippen LogP contribution in [0.5, 0.6) is 11.5 Å². The highest BCUT2D eigenvalue weighted by Gasteiger charge is 2.37. The fourth-order valence-electron chi connectivity index (χ4n) is 3.41. The number of ether oxygens (including phenoxy) is 2. The van der Waals surface area contributed by atoms with Gasteiger partial charge in [0.2, 0.25) is 15.9 Å². The van der Waals surface area contributed by atoms with Gasteiger partial charge in [0.1, 0.15) is 18.1 Å². The van der Waals surface area contributed by atoms with Crippen molar-refractivity contribution in [1.82, 2.24) is 9.21 Å². The van der Waals surface area contributed by atoms with Gasteiger partial charge in [-0.15, -0.1) is 13.2 Å². The summed E-state index contributed by atoms with van der Waals surface area (Å²) in [5, 5.41) is 0. The molecule has 1 amide bonds. The maximum Gasteiger partial charge on any atom is 0.573 e. The van der Waals surface area contributed by atoms with Crippen LogP contribution in [0.1, 0.15) is 13.8 Å². The van der Waals surface area contributed by atoms with Crippen LogP contribution in [0, 0.1) is 17.0 Å². The molecule has 0 radical (unpaired) electrons. The quantitative estimate of drug-likeness (QED) is 0.518. The smallest absolute Gasteiger partial charge is 0.492 e. The van der Waals surface area contributed by atoms with Gasteiger partial charge in [-0.3, -0.25) is 4.79 Å². The molecule has 1 aliphatic rings. The van der Waals surface area contributed by atoms with Crippen LogP contribution in [-0.4, -0.2) is 62.7 Å². The third kappa shape index (κ3) is 6.60. The molecule has 7 nitrogen and oxygen atoms in total. The predicted octanol–water partition coefficient (Wildman–Crippen LogP) is 3.80. The molecule has 0 N–H and O–H groups in total. The van der Waals surface area contributed by atoms with Crippen molar-refractivity contribution < 1.29 is 44.6 Å². The summed E-state index contributed by atoms with van der Waals surface area (Å²) >= 11 is 0. The zero-order valence-corrected chi connectivity index (χ0v) is 19.6. The van der Waals surface area contributed by atoms with Crippen molar-refractivity contribution in [2.75, 3.05) is 32.8 Å². The predicted molar refractivity (Wildman–Crippen MR) is 114 cm³/mol. The first-order valence-corrected chi connectivity index (χ1v) is 11.9. The number of amides is 1. The number of nitrogens with zero attached hydrogens (tertiary/aromatic N) is 2. The van der Waals surface area contributed by atoms with Crippen LogP contribution in [0.4, 0.5) is 22.0 Å². The molecule has 13 heteroatoms. The molecule has 0 spiro atoms. The summed E-state index contributed by atoms with van der Waals surface area (Å²) in [6, 6.07) is 6.90. The van der Waals surface area contributed by atoms with Gasteiger partial charge in [-0.1, -0.05) is 0 Å². The fraction of sp³-hybridized carbons (Fsp3) is 0.409. The second kappa shape index (κ2) is 9.97. The van der Waals surface area contributed by atoms with Crippen molar-refractivity contribution in [3.8, 4) is 11.5 Å². The lowest BCUT2D eigenvalue weighted by Crippen LogP contribution is -2.54. The van der Waals surface area contributed by atoms with Crippen LogP contribution < -0.4 is 9.47 Å². The molecule has 2 aromatic rings. The van der Waals surface area contributed by atoms with Gasteiger partial charge in [-0.25, -0.2) is 17.2 Å². The Labute approximate surface area is 199 Å². The number of alkyl halides is 3. The average Bonchev–Trinajstić information content (AvgIpc) is 2.79. The molecule has 0 bridgehead atoms. The highest BCUT2D eigenvalue weighted by molar-refractivity contribution is 7.89. The molecule has 0 atom stereocenters. The number of hydrogen-bond donors (Lipinski definition) is 0. The molecule has 0 unspecified atom stereocenters. The molecule has 3 rings (SSSR count). The standard InChI is InChI=1S/C22H23F5N2O5S/c1-21(2,14-33-16-5-8-18(23)19(24)13-16)20(30)28-9-11-29(12-10-28)35(31,32)17-6-3-15(4-7-17)34-22(25,26)27/h3-8,13H,9-12,14H2,1-2H3. The fourth-order valence-corrected chi connectivity index (χ4v) is 4.84. The molecular weight excluding hydrogens is 499 g/mol. The van der Waals surface area contributed by atoms with Crippen molar-refractivity contribution in [1.29, 1.82) is 0 Å². The van der Waals surface area contributed by atoms with Crippen molar-refractivity contribution >= 4 is 15.9 Å². The molecule has 0 aromatic heterocycles. The Kier molecular flexibility index (Phi) is 7.60. The maximum atomic E-state index is 13.4. The number of piperazine rings is 1. The van der Waals surface area contributed by atoms with E-state index in [0.29, 0.717) is 0 Å². The Balaban J connectivity index is 1.58. The van der Waals surface area contributed by atoms with Crippen molar-refractivity contribution in [2.24, 2.45) is 5.41 Å². The first-order chi connectivity index (χ1) is 16.2. The van der Waals surface area contributed by atoms with Gasteiger partial charge in [0.15, 0.2) is 11.6 Å². The maximum absolute atomic E-state index is 13.4. The zero-order chi connectivity index (χ0) is 26.0. The van der Waals surface area contributed by atoms with Crippen molar-refractivity contribution in [2.45, 2.75) is 25.1 Å². The van der Waals surface area contributed by atoms with Crippen LogP contribution in [0.15, 0.2) is 47.4 Å². The van der Waals surface area contributed by atoms with E-state index in [1.165, 1.54) is 11.0 Å². The van der Waals surface area contributed by atoms with Crippen LogP contribution in [0.2, 0.25) is 0 Å². The van der Waals surface area contributed by atoms with E-state index in [1.807, 2.05) is 0 Å². The number of hydrogen-bond acceptors (Lipinski definition) is 5. The zero-order valence-electron chi connectivity index (χ0n) is 18.8. The van der Waals surface area contributed by atoms with Gasteiger partial charge in [-0.2, -0.15) is 4.31 Å². The van der Waals surface area contributed by atoms with Gasteiger partial charge in [-0.05, 0) is 50.2 Å². The molecule has 1 aliphatic heterocycles. The average molecular weight is 522 g/mol. The highest BCUT2D eigenvalue weighted by atomic mass is 32.2. The van der Waals surface area contributed by atoms with E-state index in [-0.39, 0.29) is 49.3 Å². The first kappa shape index (κ1) is 26.7. The number of benzene rings is 2. The van der Waals surface area contributed by atoms with Crippen molar-refractivity contribution in [3.63, 3.8) is 0 Å². The van der Waals surface area contributed by atoms with Crippen LogP contribution in [0.3, 0.4) is 0 Å². The number of rotatable bonds is 7. The number of carbonyl (C=O) groups excluding carboxylic acids is 1. The molecule has 35 heavy (non-hydrogen) atoms. The normalized spacial score (nSPS) is 15.7. The van der Waals surface area contributed by atoms with E-state index in [2.05, 4.69) is 4.74 Å². The topological polar surface area (TPSA) is 76.2 Å². The number of sulfonamides is 1. The minimum Gasteiger partial charge on any atom is -0.492 e. The lowest BCUT2D eigenvalue weighted by Gasteiger charge is -2.38. The van der Waals surface area contributed by atoms with Gasteiger partial charge in [0, 0.05) is 32.2 Å². The van der Waals surface area contributed by atoms with E-state index in [1.54, 1.807) is 13.8 Å². The van der Waals surface area contributed by atoms with Crippen LogP contribution >= 0.6 is 0 Å². The minimum atomic E-state index is -4.89. The third-order valence-electron chi connectivity index (χ3n) is 5.29. The van der Waals surface area contributed by atoms with Gasteiger partial charge < -0.3 is 14.4 Å². The van der Waals surface area contributed by atoms with Gasteiger partial charge >= 0.3 is 6.36 Å². The van der Waals surface area contributed by atoms with E-state index < -0.39 is 39.2 Å². The summed E-state index contributed by atoms with van der Waals surface area (Å²) in [6.45, 7) is 3.24. The first-order valence-electron chi connectivity index (χ1n) is 10.4. The third-order valence-corrected chi connectivity index (χ3v) is 7.20. The summed E-state index contributed by atoms with van der Waals surface area (Å²) < 4.78 is 99.4. The molecule has 0 aliphatic carbocycles. The Morgan fingerprint density at radius 1 is 0.914 bits per heavy atom. The lowest BCUT2D eigenvalue weighted by atomic mass is 9.92. The van der Waals surface area contributed by atoms with Crippen LogP contribution in [0.25, 0.3) is 0 Å². The van der Waals surface area contributed by atoms with E-state index >= 15 is 0 Å². The lowest BCUT2D eigenvalue weighted by molar-refractivity contribution is -0.274. The summed E-state index contributed by atoms with van der Waals surface area (Å²) in [5.74, 6) is -2.89. The molecule has 0 saturated carbocycles. The molecule has 1 saturated heterocycles. The molecular formula is C22H23F5N2O5S. The van der Waals surface area contributed by atoms with Gasteiger partial charge in [0.25, 0.3) is 0 Å². The second-order valence-corrected chi connectivity index (χ2v) is 10.4. The Bertz CT molecular complexity index is 1160. The number of halogens is 5.